The van der Waals surface area contributed by atoms with Gasteiger partial charge in [-0.05, 0) is 38.0 Å². The summed E-state index contributed by atoms with van der Waals surface area (Å²) < 4.78 is 11.2. The molecule has 1 aromatic carbocycles. The fraction of sp³-hybridized carbons (Fsp3) is 0.600. The Morgan fingerprint density at radius 3 is 2.56 bits per heavy atom. The number of hydrogen-bond acceptors (Lipinski definition) is 3. The second-order valence-electron chi connectivity index (χ2n) is 4.31. The van der Waals surface area contributed by atoms with Crippen molar-refractivity contribution in [3.63, 3.8) is 0 Å². The molecule has 0 bridgehead atoms. The molecule has 0 amide bonds. The van der Waals surface area contributed by atoms with Crippen molar-refractivity contribution in [3.8, 4) is 5.75 Å². The zero-order valence-corrected chi connectivity index (χ0v) is 11.7. The molecule has 0 radical (unpaired) electrons. The van der Waals surface area contributed by atoms with Gasteiger partial charge in [0.05, 0.1) is 18.8 Å². The van der Waals surface area contributed by atoms with Crippen molar-refractivity contribution in [1.29, 1.82) is 0 Å². The van der Waals surface area contributed by atoms with Crippen LogP contribution in [-0.2, 0) is 4.74 Å². The summed E-state index contributed by atoms with van der Waals surface area (Å²) in [4.78, 5) is 0. The summed E-state index contributed by atoms with van der Waals surface area (Å²) in [6, 6.07) is 7.89. The minimum atomic E-state index is -0.0923. The molecule has 3 nitrogen and oxygen atoms in total. The first-order valence-electron chi connectivity index (χ1n) is 6.82. The number of rotatable bonds is 8. The second-order valence-corrected chi connectivity index (χ2v) is 4.31. The number of ether oxygens (including phenoxy) is 2. The van der Waals surface area contributed by atoms with Crippen molar-refractivity contribution in [3.05, 3.63) is 29.8 Å². The molecule has 2 N–H and O–H groups in total. The van der Waals surface area contributed by atoms with E-state index in [9.17, 15) is 0 Å². The van der Waals surface area contributed by atoms with E-state index >= 15 is 0 Å². The number of nitrogens with two attached hydrogens (primary N) is 1. The first-order chi connectivity index (χ1) is 8.72. The molecule has 1 rings (SSSR count). The van der Waals surface area contributed by atoms with Crippen LogP contribution in [-0.4, -0.2) is 19.3 Å². The summed E-state index contributed by atoms with van der Waals surface area (Å²) in [6.07, 6.45) is 2.13. The van der Waals surface area contributed by atoms with Crippen molar-refractivity contribution < 1.29 is 9.47 Å². The third-order valence-corrected chi connectivity index (χ3v) is 2.91. The van der Waals surface area contributed by atoms with E-state index in [0.29, 0.717) is 13.2 Å². The average molecular weight is 251 g/mol. The Kier molecular flexibility index (Phi) is 6.76. The van der Waals surface area contributed by atoms with Gasteiger partial charge in [0.25, 0.3) is 0 Å². The molecular weight excluding hydrogens is 226 g/mol. The molecule has 0 aromatic heterocycles. The van der Waals surface area contributed by atoms with E-state index in [-0.39, 0.29) is 12.1 Å². The molecule has 0 aliphatic rings. The van der Waals surface area contributed by atoms with Gasteiger partial charge in [0, 0.05) is 6.61 Å². The van der Waals surface area contributed by atoms with Crippen molar-refractivity contribution in [2.75, 3.05) is 13.2 Å². The maximum absolute atomic E-state index is 6.30. The molecule has 2 atom stereocenters. The van der Waals surface area contributed by atoms with Gasteiger partial charge in [0.1, 0.15) is 5.75 Å². The van der Waals surface area contributed by atoms with Crippen LogP contribution in [0, 0.1) is 0 Å². The van der Waals surface area contributed by atoms with E-state index in [1.807, 2.05) is 38.1 Å². The van der Waals surface area contributed by atoms with Gasteiger partial charge in [0.15, 0.2) is 0 Å². The van der Waals surface area contributed by atoms with E-state index in [1.165, 1.54) is 0 Å². The molecule has 0 aliphatic heterocycles. The van der Waals surface area contributed by atoms with Crippen molar-refractivity contribution in [2.24, 2.45) is 5.73 Å². The summed E-state index contributed by atoms with van der Waals surface area (Å²) in [5.41, 5.74) is 7.37. The second kappa shape index (κ2) is 8.11. The first-order valence-corrected chi connectivity index (χ1v) is 6.82. The molecule has 0 fully saturated rings. The lowest BCUT2D eigenvalue weighted by Gasteiger charge is -2.24. The standard InChI is InChI=1S/C15H25NO2/c1-4-8-14(18-6-3)15(16)12-9-7-10-13(11-12)17-5-2/h7,9-11,14-15H,4-6,8,16H2,1-3H3. The highest BCUT2D eigenvalue weighted by Gasteiger charge is 2.19. The molecule has 0 saturated carbocycles. The van der Waals surface area contributed by atoms with Crippen LogP contribution in [0.5, 0.6) is 5.75 Å². The van der Waals surface area contributed by atoms with Gasteiger partial charge in [0.2, 0.25) is 0 Å². The van der Waals surface area contributed by atoms with Crippen molar-refractivity contribution in [1.82, 2.24) is 0 Å². The third kappa shape index (κ3) is 4.31. The Balaban J connectivity index is 2.79. The fourth-order valence-corrected chi connectivity index (χ4v) is 2.06. The molecule has 0 aliphatic carbocycles. The average Bonchev–Trinajstić information content (AvgIpc) is 2.38. The lowest BCUT2D eigenvalue weighted by Crippen LogP contribution is -2.29. The zero-order chi connectivity index (χ0) is 13.4. The maximum Gasteiger partial charge on any atom is 0.119 e. The van der Waals surface area contributed by atoms with Crippen LogP contribution in [0.1, 0.15) is 45.2 Å². The quantitative estimate of drug-likeness (QED) is 0.771. The van der Waals surface area contributed by atoms with E-state index in [2.05, 4.69) is 6.92 Å². The van der Waals surface area contributed by atoms with E-state index in [0.717, 1.165) is 24.2 Å². The van der Waals surface area contributed by atoms with Gasteiger partial charge in [-0.1, -0.05) is 25.5 Å². The lowest BCUT2D eigenvalue weighted by molar-refractivity contribution is 0.0374. The van der Waals surface area contributed by atoms with E-state index in [4.69, 9.17) is 15.2 Å². The largest absolute Gasteiger partial charge is 0.494 e. The Morgan fingerprint density at radius 1 is 1.17 bits per heavy atom. The Labute approximate surface area is 110 Å². The van der Waals surface area contributed by atoms with E-state index < -0.39 is 0 Å². The summed E-state index contributed by atoms with van der Waals surface area (Å²) in [5, 5.41) is 0. The highest BCUT2D eigenvalue weighted by molar-refractivity contribution is 5.31. The topological polar surface area (TPSA) is 44.5 Å². The molecule has 0 heterocycles. The molecule has 1 aromatic rings. The highest BCUT2D eigenvalue weighted by Crippen LogP contribution is 2.23. The summed E-state index contributed by atoms with van der Waals surface area (Å²) in [7, 11) is 0. The molecule has 3 heteroatoms. The molecule has 102 valence electrons. The Hall–Kier alpha value is -1.06. The van der Waals surface area contributed by atoms with Crippen molar-refractivity contribution in [2.45, 2.75) is 45.8 Å². The maximum atomic E-state index is 6.30. The minimum Gasteiger partial charge on any atom is -0.494 e. The molecule has 18 heavy (non-hydrogen) atoms. The van der Waals surface area contributed by atoms with Crippen LogP contribution in [0.2, 0.25) is 0 Å². The summed E-state index contributed by atoms with van der Waals surface area (Å²) in [5.74, 6) is 0.872. The molecule has 2 unspecified atom stereocenters. The number of hydrogen-bond donors (Lipinski definition) is 1. The Bertz CT molecular complexity index is 335. The van der Waals surface area contributed by atoms with E-state index in [1.54, 1.807) is 0 Å². The molecule has 0 spiro atoms. The lowest BCUT2D eigenvalue weighted by atomic mass is 9.99. The monoisotopic (exact) mass is 251 g/mol. The first kappa shape index (κ1) is 15.0. The predicted octanol–water partition coefficient (Wildman–Crippen LogP) is 3.29. The smallest absolute Gasteiger partial charge is 0.119 e. The van der Waals surface area contributed by atoms with Crippen LogP contribution in [0.4, 0.5) is 0 Å². The van der Waals surface area contributed by atoms with Crippen LogP contribution in [0.3, 0.4) is 0 Å². The minimum absolute atomic E-state index is 0.0804. The van der Waals surface area contributed by atoms with Crippen LogP contribution < -0.4 is 10.5 Å². The summed E-state index contributed by atoms with van der Waals surface area (Å²) in [6.45, 7) is 7.50. The van der Waals surface area contributed by atoms with Gasteiger partial charge in [-0.3, -0.25) is 0 Å². The van der Waals surface area contributed by atoms with Gasteiger partial charge >= 0.3 is 0 Å². The highest BCUT2D eigenvalue weighted by atomic mass is 16.5. The van der Waals surface area contributed by atoms with Gasteiger partial charge in [-0.25, -0.2) is 0 Å². The summed E-state index contributed by atoms with van der Waals surface area (Å²) >= 11 is 0. The van der Waals surface area contributed by atoms with Gasteiger partial charge < -0.3 is 15.2 Å². The normalized spacial score (nSPS) is 14.2. The number of benzene rings is 1. The SMILES string of the molecule is CCCC(OCC)C(N)c1cccc(OCC)c1. The van der Waals surface area contributed by atoms with Crippen LogP contribution >= 0.6 is 0 Å². The molecular formula is C15H25NO2. The van der Waals surface area contributed by atoms with Gasteiger partial charge in [-0.15, -0.1) is 0 Å². The zero-order valence-electron chi connectivity index (χ0n) is 11.7. The van der Waals surface area contributed by atoms with Crippen LogP contribution in [0.15, 0.2) is 24.3 Å². The van der Waals surface area contributed by atoms with Crippen LogP contribution in [0.25, 0.3) is 0 Å². The van der Waals surface area contributed by atoms with Gasteiger partial charge in [-0.2, -0.15) is 0 Å². The Morgan fingerprint density at radius 2 is 1.94 bits per heavy atom. The predicted molar refractivity (Wildman–Crippen MR) is 74.9 cm³/mol. The molecule has 0 saturated heterocycles. The fourth-order valence-electron chi connectivity index (χ4n) is 2.06. The van der Waals surface area contributed by atoms with Crippen molar-refractivity contribution >= 4 is 0 Å². The third-order valence-electron chi connectivity index (χ3n) is 2.91.